The highest BCUT2D eigenvalue weighted by molar-refractivity contribution is 6.30. The molecule has 0 saturated carbocycles. The minimum Gasteiger partial charge on any atom is -0.473 e. The molecule has 2 N–H and O–H groups in total. The van der Waals surface area contributed by atoms with Gasteiger partial charge < -0.3 is 15.4 Å². The summed E-state index contributed by atoms with van der Waals surface area (Å²) in [5, 5.41) is 5.88. The Balaban J connectivity index is 2.12. The van der Waals surface area contributed by atoms with E-state index in [2.05, 4.69) is 15.6 Å². The zero-order chi connectivity index (χ0) is 16.1. The molecule has 6 nitrogen and oxygen atoms in total. The summed E-state index contributed by atoms with van der Waals surface area (Å²) in [6.45, 7) is 3.74. The minimum absolute atomic E-state index is 0.0816. The lowest BCUT2D eigenvalue weighted by Gasteiger charge is -2.18. The first-order valence-corrected chi connectivity index (χ1v) is 7.76. The topological polar surface area (TPSA) is 80.3 Å². The van der Waals surface area contributed by atoms with E-state index in [1.54, 1.807) is 6.07 Å². The molecule has 7 heteroatoms. The lowest BCUT2D eigenvalue weighted by Crippen LogP contribution is -2.42. The third kappa shape index (κ3) is 4.59. The van der Waals surface area contributed by atoms with Crippen molar-refractivity contribution in [2.45, 2.75) is 51.7 Å². The first kappa shape index (κ1) is 16.5. The molecule has 22 heavy (non-hydrogen) atoms. The quantitative estimate of drug-likeness (QED) is 0.891. The second-order valence-electron chi connectivity index (χ2n) is 5.53. The number of pyridine rings is 1. The van der Waals surface area contributed by atoms with Gasteiger partial charge in [0, 0.05) is 12.6 Å². The Kier molecular flexibility index (Phi) is 5.60. The lowest BCUT2D eigenvalue weighted by atomic mass is 10.1. The summed E-state index contributed by atoms with van der Waals surface area (Å²) in [5.41, 5.74) is 0.407. The Bertz CT molecular complexity index is 563. The lowest BCUT2D eigenvalue weighted by molar-refractivity contribution is -0.126. The first-order valence-electron chi connectivity index (χ1n) is 7.38. The van der Waals surface area contributed by atoms with Gasteiger partial charge in [-0.3, -0.25) is 9.59 Å². The van der Waals surface area contributed by atoms with Crippen molar-refractivity contribution >= 4 is 29.1 Å². The van der Waals surface area contributed by atoms with Crippen LogP contribution in [0.3, 0.4) is 0 Å². The van der Waals surface area contributed by atoms with Crippen molar-refractivity contribution in [2.75, 3.05) is 5.32 Å². The Morgan fingerprint density at radius 1 is 1.50 bits per heavy atom. The number of hydrogen-bond donors (Lipinski definition) is 2. The number of rotatable bonds is 4. The van der Waals surface area contributed by atoms with Crippen LogP contribution >= 0.6 is 11.6 Å². The van der Waals surface area contributed by atoms with Gasteiger partial charge in [0.15, 0.2) is 0 Å². The highest BCUT2D eigenvalue weighted by Gasteiger charge is 2.24. The van der Waals surface area contributed by atoms with Crippen LogP contribution in [-0.2, 0) is 9.59 Å². The van der Waals surface area contributed by atoms with Gasteiger partial charge in [0.05, 0.1) is 11.1 Å². The molecule has 1 unspecified atom stereocenters. The number of halogens is 1. The molecule has 1 saturated heterocycles. The average Bonchev–Trinajstić information content (AvgIpc) is 2.66. The van der Waals surface area contributed by atoms with Crippen molar-refractivity contribution < 1.29 is 14.3 Å². The van der Waals surface area contributed by atoms with E-state index < -0.39 is 6.04 Å². The maximum absolute atomic E-state index is 12.4. The number of aromatic nitrogens is 1. The number of ether oxygens (including phenoxy) is 1. The van der Waals surface area contributed by atoms with Crippen LogP contribution in [0.4, 0.5) is 5.69 Å². The molecule has 1 aliphatic heterocycles. The van der Waals surface area contributed by atoms with Crippen molar-refractivity contribution in [3.05, 3.63) is 17.3 Å². The van der Waals surface area contributed by atoms with Crippen molar-refractivity contribution in [2.24, 2.45) is 0 Å². The molecule has 1 fully saturated rings. The fourth-order valence-corrected chi connectivity index (χ4v) is 2.38. The van der Waals surface area contributed by atoms with Crippen molar-refractivity contribution in [1.82, 2.24) is 10.3 Å². The Morgan fingerprint density at radius 2 is 2.27 bits per heavy atom. The third-order valence-electron chi connectivity index (χ3n) is 3.22. The summed E-state index contributed by atoms with van der Waals surface area (Å²) in [6.07, 6.45) is 4.09. The molecule has 1 atom stereocenters. The van der Waals surface area contributed by atoms with Gasteiger partial charge in [-0.15, -0.1) is 0 Å². The Hall–Kier alpha value is -1.82. The smallest absolute Gasteiger partial charge is 0.247 e. The molecule has 0 radical (unpaired) electrons. The number of carbonyl (C=O) groups excluding carboxylic acids is 2. The van der Waals surface area contributed by atoms with Crippen LogP contribution < -0.4 is 15.4 Å². The van der Waals surface area contributed by atoms with Crippen LogP contribution in [0.1, 0.15) is 39.5 Å². The van der Waals surface area contributed by atoms with Gasteiger partial charge in [-0.05, 0) is 32.8 Å². The number of anilines is 1. The summed E-state index contributed by atoms with van der Waals surface area (Å²) in [6, 6.07) is 1.05. The van der Waals surface area contributed by atoms with Gasteiger partial charge in [-0.25, -0.2) is 4.98 Å². The SMILES string of the molecule is CC(C)Oc1ncc(Cl)cc1NC(=O)C1CCCCC(=O)N1. The molecule has 1 aromatic rings. The maximum atomic E-state index is 12.4. The molecule has 2 heterocycles. The highest BCUT2D eigenvalue weighted by Crippen LogP contribution is 2.26. The summed E-state index contributed by atoms with van der Waals surface area (Å²) in [5.74, 6) is -0.0684. The van der Waals surface area contributed by atoms with Crippen molar-refractivity contribution in [3.8, 4) is 5.88 Å². The molecular weight excluding hydrogens is 306 g/mol. The van der Waals surface area contributed by atoms with Crippen LogP contribution in [-0.4, -0.2) is 28.9 Å². The zero-order valence-corrected chi connectivity index (χ0v) is 13.4. The van der Waals surface area contributed by atoms with E-state index in [1.807, 2.05) is 13.8 Å². The Labute approximate surface area is 134 Å². The number of amides is 2. The van der Waals surface area contributed by atoms with E-state index in [9.17, 15) is 9.59 Å². The predicted octanol–water partition coefficient (Wildman–Crippen LogP) is 2.52. The van der Waals surface area contributed by atoms with E-state index >= 15 is 0 Å². The molecule has 0 spiro atoms. The minimum atomic E-state index is -0.541. The number of nitrogens with zero attached hydrogens (tertiary/aromatic N) is 1. The van der Waals surface area contributed by atoms with Crippen molar-refractivity contribution in [3.63, 3.8) is 0 Å². The van der Waals surface area contributed by atoms with Gasteiger partial charge in [0.25, 0.3) is 0 Å². The van der Waals surface area contributed by atoms with Crippen molar-refractivity contribution in [1.29, 1.82) is 0 Å². The molecule has 1 aromatic heterocycles. The normalized spacial score (nSPS) is 18.5. The van der Waals surface area contributed by atoms with Gasteiger partial charge in [-0.2, -0.15) is 0 Å². The summed E-state index contributed by atoms with van der Waals surface area (Å²) < 4.78 is 5.56. The number of hydrogen-bond acceptors (Lipinski definition) is 4. The standard InChI is InChI=1S/C15H20ClN3O3/c1-9(2)22-15-12(7-10(16)8-17-15)19-14(21)11-5-3-4-6-13(20)18-11/h7-9,11H,3-6H2,1-2H3,(H,18,20)(H,19,21). The van der Waals surface area contributed by atoms with Crippen LogP contribution in [0, 0.1) is 0 Å². The average molecular weight is 326 g/mol. The fraction of sp³-hybridized carbons (Fsp3) is 0.533. The second-order valence-corrected chi connectivity index (χ2v) is 5.96. The highest BCUT2D eigenvalue weighted by atomic mass is 35.5. The maximum Gasteiger partial charge on any atom is 0.247 e. The third-order valence-corrected chi connectivity index (χ3v) is 3.43. The van der Waals surface area contributed by atoms with E-state index in [4.69, 9.17) is 16.3 Å². The van der Waals surface area contributed by atoms with E-state index in [1.165, 1.54) is 6.20 Å². The molecule has 0 aliphatic carbocycles. The zero-order valence-electron chi connectivity index (χ0n) is 12.7. The van der Waals surface area contributed by atoms with E-state index in [0.29, 0.717) is 29.4 Å². The van der Waals surface area contributed by atoms with Gasteiger partial charge in [0.2, 0.25) is 17.7 Å². The Morgan fingerprint density at radius 3 is 3.00 bits per heavy atom. The van der Waals surface area contributed by atoms with Crippen LogP contribution in [0.5, 0.6) is 5.88 Å². The summed E-state index contributed by atoms with van der Waals surface area (Å²) in [7, 11) is 0. The first-order chi connectivity index (χ1) is 10.5. The molecule has 2 amide bonds. The van der Waals surface area contributed by atoms with Gasteiger partial charge in [-0.1, -0.05) is 18.0 Å². The summed E-state index contributed by atoms with van der Waals surface area (Å²) in [4.78, 5) is 28.0. The molecule has 2 rings (SSSR count). The molecule has 120 valence electrons. The number of nitrogens with one attached hydrogen (secondary N) is 2. The molecular formula is C15H20ClN3O3. The van der Waals surface area contributed by atoms with E-state index in [-0.39, 0.29) is 17.9 Å². The van der Waals surface area contributed by atoms with Gasteiger partial charge >= 0.3 is 0 Å². The molecule has 0 aromatic carbocycles. The van der Waals surface area contributed by atoms with Crippen LogP contribution in [0.15, 0.2) is 12.3 Å². The summed E-state index contributed by atoms with van der Waals surface area (Å²) >= 11 is 5.93. The van der Waals surface area contributed by atoms with Gasteiger partial charge in [0.1, 0.15) is 11.7 Å². The fourth-order valence-electron chi connectivity index (χ4n) is 2.22. The molecule has 1 aliphatic rings. The van der Waals surface area contributed by atoms with Crippen LogP contribution in [0.25, 0.3) is 0 Å². The second kappa shape index (κ2) is 7.45. The van der Waals surface area contributed by atoms with E-state index in [0.717, 1.165) is 12.8 Å². The molecule has 0 bridgehead atoms. The largest absolute Gasteiger partial charge is 0.473 e. The predicted molar refractivity (Wildman–Crippen MR) is 84.0 cm³/mol. The van der Waals surface area contributed by atoms with Crippen LogP contribution in [0.2, 0.25) is 5.02 Å². The number of carbonyl (C=O) groups is 2. The monoisotopic (exact) mass is 325 g/mol.